The van der Waals surface area contributed by atoms with E-state index in [2.05, 4.69) is 0 Å². The topological polar surface area (TPSA) is 81.8 Å². The van der Waals surface area contributed by atoms with Gasteiger partial charge in [0, 0.05) is 12.1 Å². The molecule has 2 rings (SSSR count). The molecule has 2 aromatic carbocycles. The standard InChI is InChI=1S/C18H19Cl2NO4/c1-2-24-16(23)10-25-15-6-4-12(17(19)18(15)20)7-11-3-5-14(22)13(8-11)9-21/h3-6,8,22H,2,7,9-10,21H2,1H3. The SMILES string of the molecule is CCOC(=O)COc1ccc(Cc2ccc(O)c(CN)c2)c(Cl)c1Cl. The highest BCUT2D eigenvalue weighted by Gasteiger charge is 2.14. The van der Waals surface area contributed by atoms with Gasteiger partial charge in [-0.1, -0.05) is 41.4 Å². The molecular weight excluding hydrogens is 365 g/mol. The normalized spacial score (nSPS) is 10.6. The highest BCUT2D eigenvalue weighted by molar-refractivity contribution is 6.43. The Morgan fingerprint density at radius 2 is 1.92 bits per heavy atom. The summed E-state index contributed by atoms with van der Waals surface area (Å²) in [4.78, 5) is 11.4. The second kappa shape index (κ2) is 8.94. The van der Waals surface area contributed by atoms with E-state index in [-0.39, 0.29) is 30.5 Å². The van der Waals surface area contributed by atoms with Crippen LogP contribution in [0.15, 0.2) is 30.3 Å². The maximum Gasteiger partial charge on any atom is 0.344 e. The number of hydrogen-bond acceptors (Lipinski definition) is 5. The fraction of sp³-hybridized carbons (Fsp3) is 0.278. The van der Waals surface area contributed by atoms with Crippen LogP contribution < -0.4 is 10.5 Å². The van der Waals surface area contributed by atoms with Gasteiger partial charge < -0.3 is 20.3 Å². The lowest BCUT2D eigenvalue weighted by Gasteiger charge is -2.12. The molecule has 7 heteroatoms. The van der Waals surface area contributed by atoms with Gasteiger partial charge in [0.15, 0.2) is 6.61 Å². The van der Waals surface area contributed by atoms with E-state index in [0.717, 1.165) is 11.1 Å². The predicted octanol–water partition coefficient (Wildman–Crippen LogP) is 3.69. The van der Waals surface area contributed by atoms with Crippen LogP contribution in [0, 0.1) is 0 Å². The third kappa shape index (κ3) is 5.01. The lowest BCUT2D eigenvalue weighted by Crippen LogP contribution is -2.14. The Labute approximate surface area is 156 Å². The first-order valence-corrected chi connectivity index (χ1v) is 8.48. The van der Waals surface area contributed by atoms with Crippen LogP contribution in [0.4, 0.5) is 0 Å². The number of esters is 1. The van der Waals surface area contributed by atoms with Crippen molar-refractivity contribution in [3.63, 3.8) is 0 Å². The molecule has 25 heavy (non-hydrogen) atoms. The van der Waals surface area contributed by atoms with Crippen molar-refractivity contribution in [2.45, 2.75) is 19.9 Å². The zero-order valence-electron chi connectivity index (χ0n) is 13.7. The van der Waals surface area contributed by atoms with Gasteiger partial charge in [-0.15, -0.1) is 0 Å². The summed E-state index contributed by atoms with van der Waals surface area (Å²) in [5.41, 5.74) is 8.00. The van der Waals surface area contributed by atoms with Gasteiger partial charge in [0.25, 0.3) is 0 Å². The average Bonchev–Trinajstić information content (AvgIpc) is 2.60. The highest BCUT2D eigenvalue weighted by Crippen LogP contribution is 2.36. The van der Waals surface area contributed by atoms with Gasteiger partial charge >= 0.3 is 5.97 Å². The van der Waals surface area contributed by atoms with Crippen LogP contribution in [0.2, 0.25) is 10.0 Å². The maximum atomic E-state index is 11.4. The third-order valence-corrected chi connectivity index (χ3v) is 4.44. The molecule has 2 aromatic rings. The summed E-state index contributed by atoms with van der Waals surface area (Å²) in [6.07, 6.45) is 0.518. The van der Waals surface area contributed by atoms with E-state index in [1.54, 1.807) is 31.2 Å². The first-order valence-electron chi connectivity index (χ1n) is 7.72. The van der Waals surface area contributed by atoms with Crippen LogP contribution in [0.25, 0.3) is 0 Å². The van der Waals surface area contributed by atoms with Crippen molar-refractivity contribution in [1.29, 1.82) is 0 Å². The molecule has 0 atom stereocenters. The van der Waals surface area contributed by atoms with E-state index >= 15 is 0 Å². The van der Waals surface area contributed by atoms with Gasteiger partial charge in [0.1, 0.15) is 16.5 Å². The van der Waals surface area contributed by atoms with Gasteiger partial charge in [0.05, 0.1) is 11.6 Å². The largest absolute Gasteiger partial charge is 0.508 e. The van der Waals surface area contributed by atoms with Crippen molar-refractivity contribution in [3.8, 4) is 11.5 Å². The summed E-state index contributed by atoms with van der Waals surface area (Å²) in [5.74, 6) is 0.00656. The van der Waals surface area contributed by atoms with Gasteiger partial charge in [-0.25, -0.2) is 4.79 Å². The van der Waals surface area contributed by atoms with E-state index in [0.29, 0.717) is 22.8 Å². The Morgan fingerprint density at radius 3 is 2.60 bits per heavy atom. The summed E-state index contributed by atoms with van der Waals surface area (Å²) in [6, 6.07) is 8.66. The second-order valence-electron chi connectivity index (χ2n) is 5.29. The van der Waals surface area contributed by atoms with Crippen molar-refractivity contribution in [2.75, 3.05) is 13.2 Å². The smallest absolute Gasteiger partial charge is 0.344 e. The van der Waals surface area contributed by atoms with E-state index in [4.69, 9.17) is 38.4 Å². The number of phenolic OH excluding ortho intramolecular Hbond substituents is 1. The Hall–Kier alpha value is -1.95. The zero-order valence-corrected chi connectivity index (χ0v) is 15.2. The molecule has 0 aromatic heterocycles. The Bertz CT molecular complexity index is 765. The van der Waals surface area contributed by atoms with Crippen molar-refractivity contribution >= 4 is 29.2 Å². The van der Waals surface area contributed by atoms with E-state index in [1.807, 2.05) is 6.07 Å². The number of nitrogens with two attached hydrogens (primary N) is 1. The Balaban J connectivity index is 2.15. The molecular formula is C18H19Cl2NO4. The molecule has 0 saturated carbocycles. The number of ether oxygens (including phenoxy) is 2. The highest BCUT2D eigenvalue weighted by atomic mass is 35.5. The second-order valence-corrected chi connectivity index (χ2v) is 6.04. The molecule has 0 amide bonds. The van der Waals surface area contributed by atoms with Crippen molar-refractivity contribution in [3.05, 3.63) is 57.1 Å². The van der Waals surface area contributed by atoms with Gasteiger partial charge in [-0.2, -0.15) is 0 Å². The van der Waals surface area contributed by atoms with Crippen LogP contribution >= 0.6 is 23.2 Å². The van der Waals surface area contributed by atoms with Gasteiger partial charge in [-0.05, 0) is 36.6 Å². The molecule has 0 bridgehead atoms. The van der Waals surface area contributed by atoms with Crippen molar-refractivity contribution < 1.29 is 19.4 Å². The Kier molecular flexibility index (Phi) is 6.93. The number of carbonyl (C=O) groups excluding carboxylic acids is 1. The number of phenols is 1. The lowest BCUT2D eigenvalue weighted by molar-refractivity contribution is -0.145. The Morgan fingerprint density at radius 1 is 1.16 bits per heavy atom. The molecule has 0 radical (unpaired) electrons. The number of benzene rings is 2. The molecule has 0 aliphatic rings. The summed E-state index contributed by atoms with van der Waals surface area (Å²) >= 11 is 12.6. The fourth-order valence-corrected chi connectivity index (χ4v) is 2.75. The first-order chi connectivity index (χ1) is 12.0. The zero-order chi connectivity index (χ0) is 18.4. The minimum Gasteiger partial charge on any atom is -0.508 e. The molecule has 0 saturated heterocycles. The van der Waals surface area contributed by atoms with Crippen LogP contribution in [-0.4, -0.2) is 24.3 Å². The lowest BCUT2D eigenvalue weighted by atomic mass is 10.0. The van der Waals surface area contributed by atoms with E-state index in [1.165, 1.54) is 0 Å². The molecule has 5 nitrogen and oxygen atoms in total. The van der Waals surface area contributed by atoms with Crippen molar-refractivity contribution in [2.24, 2.45) is 5.73 Å². The molecule has 0 heterocycles. The average molecular weight is 384 g/mol. The molecule has 3 N–H and O–H groups in total. The summed E-state index contributed by atoms with van der Waals surface area (Å²) in [6.45, 7) is 2.01. The van der Waals surface area contributed by atoms with Gasteiger partial charge in [-0.3, -0.25) is 0 Å². The minimum absolute atomic E-state index is 0.165. The van der Waals surface area contributed by atoms with Gasteiger partial charge in [0.2, 0.25) is 0 Å². The molecule has 0 unspecified atom stereocenters. The van der Waals surface area contributed by atoms with Crippen molar-refractivity contribution in [1.82, 2.24) is 0 Å². The van der Waals surface area contributed by atoms with Crippen LogP contribution in [0.5, 0.6) is 11.5 Å². The number of hydrogen-bond donors (Lipinski definition) is 2. The summed E-state index contributed by atoms with van der Waals surface area (Å²) < 4.78 is 10.1. The monoisotopic (exact) mass is 383 g/mol. The van der Waals surface area contributed by atoms with Crippen LogP contribution in [0.1, 0.15) is 23.6 Å². The fourth-order valence-electron chi connectivity index (χ4n) is 2.29. The van der Waals surface area contributed by atoms with E-state index in [9.17, 15) is 9.90 Å². The quantitative estimate of drug-likeness (QED) is 0.712. The molecule has 134 valence electrons. The first kappa shape index (κ1) is 19.4. The number of rotatable bonds is 7. The predicted molar refractivity (Wildman–Crippen MR) is 97.4 cm³/mol. The summed E-state index contributed by atoms with van der Waals surface area (Å²) in [5, 5.41) is 10.3. The van der Waals surface area contributed by atoms with E-state index < -0.39 is 5.97 Å². The summed E-state index contributed by atoms with van der Waals surface area (Å²) in [7, 11) is 0. The number of aromatic hydroxyl groups is 1. The molecule has 0 aliphatic heterocycles. The minimum atomic E-state index is -0.475. The number of halogens is 2. The van der Waals surface area contributed by atoms with Crippen LogP contribution in [-0.2, 0) is 22.5 Å². The molecule has 0 spiro atoms. The maximum absolute atomic E-state index is 11.4. The molecule has 0 fully saturated rings. The van der Waals surface area contributed by atoms with Crippen LogP contribution in [0.3, 0.4) is 0 Å². The number of carbonyl (C=O) groups is 1. The molecule has 0 aliphatic carbocycles. The third-order valence-electron chi connectivity index (χ3n) is 3.54.